The fourth-order valence-electron chi connectivity index (χ4n) is 1.30. The van der Waals surface area contributed by atoms with Crippen LogP contribution in [-0.2, 0) is 6.54 Å². The number of rotatable bonds is 5. The molecule has 1 aromatic rings. The van der Waals surface area contributed by atoms with Gasteiger partial charge in [-0.3, -0.25) is 0 Å². The van der Waals surface area contributed by atoms with Crippen LogP contribution in [0.2, 0.25) is 0 Å². The minimum absolute atomic E-state index is 0.0987. The molecule has 0 heterocycles. The summed E-state index contributed by atoms with van der Waals surface area (Å²) in [6, 6.07) is 7.92. The molecule has 0 aliphatic rings. The Kier molecular flexibility index (Phi) is 6.00. The standard InChI is InChI=1S/C14H19Cl2NO/c1-14(2,3)17-9-11-5-4-6-13(7-11)18-10-12(16)8-15/h4-8,17H,9-10H2,1-3H3. The van der Waals surface area contributed by atoms with E-state index in [4.69, 9.17) is 27.9 Å². The van der Waals surface area contributed by atoms with Crippen molar-refractivity contribution in [3.05, 3.63) is 40.4 Å². The Balaban J connectivity index is 2.57. The van der Waals surface area contributed by atoms with Crippen molar-refractivity contribution < 1.29 is 4.74 Å². The van der Waals surface area contributed by atoms with E-state index in [1.165, 1.54) is 11.1 Å². The minimum atomic E-state index is 0.0987. The largest absolute Gasteiger partial charge is 0.488 e. The highest BCUT2D eigenvalue weighted by Gasteiger charge is 2.08. The Morgan fingerprint density at radius 2 is 2.11 bits per heavy atom. The number of hydrogen-bond donors (Lipinski definition) is 1. The summed E-state index contributed by atoms with van der Waals surface area (Å²) < 4.78 is 5.52. The second kappa shape index (κ2) is 7.03. The van der Waals surface area contributed by atoms with Gasteiger partial charge in [0.15, 0.2) is 0 Å². The maximum absolute atomic E-state index is 5.77. The van der Waals surface area contributed by atoms with Crippen LogP contribution in [0.3, 0.4) is 0 Å². The van der Waals surface area contributed by atoms with Gasteiger partial charge < -0.3 is 10.1 Å². The van der Waals surface area contributed by atoms with Gasteiger partial charge in [-0.25, -0.2) is 0 Å². The van der Waals surface area contributed by atoms with Crippen molar-refractivity contribution in [2.24, 2.45) is 0 Å². The predicted molar refractivity (Wildman–Crippen MR) is 78.3 cm³/mol. The summed E-state index contributed by atoms with van der Waals surface area (Å²) in [5.74, 6) is 0.792. The van der Waals surface area contributed by atoms with Crippen molar-refractivity contribution in [1.82, 2.24) is 5.32 Å². The zero-order valence-electron chi connectivity index (χ0n) is 11.0. The first kappa shape index (κ1) is 15.4. The SMILES string of the molecule is CC(C)(C)NCc1cccc(OCC(Cl)=CCl)c1. The maximum Gasteiger partial charge on any atom is 0.125 e. The van der Waals surface area contributed by atoms with E-state index in [0.29, 0.717) is 11.6 Å². The van der Waals surface area contributed by atoms with Crippen LogP contribution in [0.1, 0.15) is 26.3 Å². The average Bonchev–Trinajstić information content (AvgIpc) is 2.33. The van der Waals surface area contributed by atoms with Crippen LogP contribution in [0.5, 0.6) is 5.75 Å². The van der Waals surface area contributed by atoms with Crippen LogP contribution in [0, 0.1) is 0 Å². The van der Waals surface area contributed by atoms with Gasteiger partial charge in [0.2, 0.25) is 0 Å². The molecule has 0 bridgehead atoms. The lowest BCUT2D eigenvalue weighted by Crippen LogP contribution is -2.35. The Morgan fingerprint density at radius 3 is 2.72 bits per heavy atom. The van der Waals surface area contributed by atoms with Crippen LogP contribution >= 0.6 is 23.2 Å². The molecule has 0 amide bonds. The Labute approximate surface area is 119 Å². The first-order chi connectivity index (χ1) is 8.40. The lowest BCUT2D eigenvalue weighted by atomic mass is 10.1. The molecule has 1 rings (SSSR count). The average molecular weight is 288 g/mol. The van der Waals surface area contributed by atoms with Gasteiger partial charge in [-0.15, -0.1) is 0 Å². The fourth-order valence-corrected chi connectivity index (χ4v) is 1.41. The monoisotopic (exact) mass is 287 g/mol. The molecule has 0 saturated heterocycles. The molecule has 0 saturated carbocycles. The highest BCUT2D eigenvalue weighted by molar-refractivity contribution is 6.36. The third kappa shape index (κ3) is 6.29. The van der Waals surface area contributed by atoms with E-state index in [2.05, 4.69) is 32.2 Å². The summed E-state index contributed by atoms with van der Waals surface area (Å²) in [6.07, 6.45) is 0. The van der Waals surface area contributed by atoms with E-state index in [-0.39, 0.29) is 5.54 Å². The number of nitrogens with one attached hydrogen (secondary N) is 1. The van der Waals surface area contributed by atoms with E-state index in [1.807, 2.05) is 18.2 Å². The summed E-state index contributed by atoms with van der Waals surface area (Å²) in [5.41, 5.74) is 2.59. The van der Waals surface area contributed by atoms with E-state index >= 15 is 0 Å². The van der Waals surface area contributed by atoms with Crippen molar-refractivity contribution in [2.75, 3.05) is 6.61 Å². The lowest BCUT2D eigenvalue weighted by molar-refractivity contribution is 0.358. The normalized spacial score (nSPS) is 12.6. The molecule has 0 aliphatic heterocycles. The molecular weight excluding hydrogens is 269 g/mol. The Hall–Kier alpha value is -0.700. The number of ether oxygens (including phenoxy) is 1. The lowest BCUT2D eigenvalue weighted by Gasteiger charge is -2.20. The third-order valence-electron chi connectivity index (χ3n) is 2.22. The van der Waals surface area contributed by atoms with Crippen LogP contribution < -0.4 is 10.1 Å². The van der Waals surface area contributed by atoms with Gasteiger partial charge in [-0.05, 0) is 38.5 Å². The summed E-state index contributed by atoms with van der Waals surface area (Å²) in [6.45, 7) is 7.51. The molecule has 100 valence electrons. The summed E-state index contributed by atoms with van der Waals surface area (Å²) in [4.78, 5) is 0. The zero-order valence-corrected chi connectivity index (χ0v) is 12.5. The topological polar surface area (TPSA) is 21.3 Å². The third-order valence-corrected chi connectivity index (χ3v) is 2.81. The van der Waals surface area contributed by atoms with Crippen LogP contribution in [-0.4, -0.2) is 12.1 Å². The summed E-state index contributed by atoms with van der Waals surface area (Å²) in [7, 11) is 0. The van der Waals surface area contributed by atoms with Crippen molar-refractivity contribution >= 4 is 23.2 Å². The first-order valence-electron chi connectivity index (χ1n) is 5.82. The van der Waals surface area contributed by atoms with Crippen molar-refractivity contribution in [2.45, 2.75) is 32.9 Å². The molecule has 1 aromatic carbocycles. The molecule has 1 N–H and O–H groups in total. The number of halogens is 2. The van der Waals surface area contributed by atoms with Gasteiger partial charge >= 0.3 is 0 Å². The van der Waals surface area contributed by atoms with Crippen molar-refractivity contribution in [1.29, 1.82) is 0 Å². The van der Waals surface area contributed by atoms with Gasteiger partial charge in [0.05, 0.1) is 5.03 Å². The summed E-state index contributed by atoms with van der Waals surface area (Å²) in [5, 5.41) is 3.91. The molecule has 0 fully saturated rings. The zero-order chi connectivity index (χ0) is 13.6. The molecule has 0 unspecified atom stereocenters. The minimum Gasteiger partial charge on any atom is -0.488 e. The van der Waals surface area contributed by atoms with Crippen molar-refractivity contribution in [3.8, 4) is 5.75 Å². The highest BCUT2D eigenvalue weighted by Crippen LogP contribution is 2.16. The molecular formula is C14H19Cl2NO. The molecule has 0 aromatic heterocycles. The van der Waals surface area contributed by atoms with Crippen LogP contribution in [0.25, 0.3) is 0 Å². The van der Waals surface area contributed by atoms with E-state index in [0.717, 1.165) is 12.3 Å². The molecule has 0 radical (unpaired) electrons. The van der Waals surface area contributed by atoms with E-state index < -0.39 is 0 Å². The second-order valence-corrected chi connectivity index (χ2v) is 5.80. The quantitative estimate of drug-likeness (QED) is 0.873. The molecule has 0 aliphatic carbocycles. The van der Waals surface area contributed by atoms with Gasteiger partial charge in [-0.2, -0.15) is 0 Å². The highest BCUT2D eigenvalue weighted by atomic mass is 35.5. The smallest absolute Gasteiger partial charge is 0.125 e. The van der Waals surface area contributed by atoms with Crippen LogP contribution in [0.15, 0.2) is 34.8 Å². The number of benzene rings is 1. The molecule has 0 atom stereocenters. The second-order valence-electron chi connectivity index (χ2n) is 5.10. The van der Waals surface area contributed by atoms with Gasteiger partial charge in [0.1, 0.15) is 12.4 Å². The number of hydrogen-bond acceptors (Lipinski definition) is 2. The van der Waals surface area contributed by atoms with E-state index in [9.17, 15) is 0 Å². The van der Waals surface area contributed by atoms with Crippen molar-refractivity contribution in [3.63, 3.8) is 0 Å². The molecule has 0 spiro atoms. The maximum atomic E-state index is 5.77. The van der Waals surface area contributed by atoms with E-state index in [1.54, 1.807) is 0 Å². The van der Waals surface area contributed by atoms with Gasteiger partial charge in [-0.1, -0.05) is 35.3 Å². The fraction of sp³-hybridized carbons (Fsp3) is 0.429. The molecule has 2 nitrogen and oxygen atoms in total. The predicted octanol–water partition coefficient (Wildman–Crippen LogP) is 4.27. The van der Waals surface area contributed by atoms with Gasteiger partial charge in [0.25, 0.3) is 0 Å². The Morgan fingerprint density at radius 1 is 1.39 bits per heavy atom. The summed E-state index contributed by atoms with van der Waals surface area (Å²) >= 11 is 11.2. The van der Waals surface area contributed by atoms with Crippen LogP contribution in [0.4, 0.5) is 0 Å². The molecule has 18 heavy (non-hydrogen) atoms. The Bertz CT molecular complexity index is 411. The first-order valence-corrected chi connectivity index (χ1v) is 6.64. The molecule has 4 heteroatoms. The van der Waals surface area contributed by atoms with Gasteiger partial charge in [0, 0.05) is 17.6 Å².